The smallest absolute Gasteiger partial charge is 0.328 e. The molecule has 0 saturated heterocycles. The van der Waals surface area contributed by atoms with Crippen molar-refractivity contribution >= 4 is 23.3 Å². The summed E-state index contributed by atoms with van der Waals surface area (Å²) in [5.41, 5.74) is 0.684. The lowest BCUT2D eigenvalue weighted by Gasteiger charge is -2.10. The number of carbonyl (C=O) groups excluding carboxylic acids is 1. The van der Waals surface area contributed by atoms with Gasteiger partial charge in [0.25, 0.3) is 11.6 Å². The molecule has 3 rings (SSSR count). The van der Waals surface area contributed by atoms with Gasteiger partial charge < -0.3 is 15.2 Å². The van der Waals surface area contributed by atoms with Gasteiger partial charge in [-0.2, -0.15) is 5.10 Å². The van der Waals surface area contributed by atoms with Gasteiger partial charge in [-0.3, -0.25) is 19.6 Å². The molecule has 1 amide bonds. The van der Waals surface area contributed by atoms with Gasteiger partial charge in [-0.1, -0.05) is 18.2 Å². The number of benzene rings is 2. The van der Waals surface area contributed by atoms with E-state index in [4.69, 9.17) is 9.84 Å². The molecule has 2 N–H and O–H groups in total. The van der Waals surface area contributed by atoms with Crippen LogP contribution < -0.4 is 10.1 Å². The van der Waals surface area contributed by atoms with E-state index in [1.54, 1.807) is 12.1 Å². The van der Waals surface area contributed by atoms with Gasteiger partial charge in [0.15, 0.2) is 5.69 Å². The summed E-state index contributed by atoms with van der Waals surface area (Å²) in [6, 6.07) is 11.5. The second-order valence-electron chi connectivity index (χ2n) is 6.49. The van der Waals surface area contributed by atoms with Crippen molar-refractivity contribution in [3.8, 4) is 11.5 Å². The molecule has 0 saturated carbocycles. The Labute approximate surface area is 170 Å². The fourth-order valence-corrected chi connectivity index (χ4v) is 2.60. The molecule has 0 fully saturated rings. The Hall–Kier alpha value is -4.21. The van der Waals surface area contributed by atoms with Crippen LogP contribution in [0.4, 0.5) is 11.4 Å². The van der Waals surface area contributed by atoms with Crippen LogP contribution in [0, 0.1) is 17.0 Å². The Bertz CT molecular complexity index is 1120. The highest BCUT2D eigenvalue weighted by Gasteiger charge is 2.18. The fraction of sp³-hybridized carbons (Fsp3) is 0.150. The molecule has 0 radical (unpaired) electrons. The van der Waals surface area contributed by atoms with Crippen LogP contribution in [0.3, 0.4) is 0 Å². The van der Waals surface area contributed by atoms with Crippen LogP contribution in [-0.4, -0.2) is 31.7 Å². The molecular formula is C20H18N4O6. The summed E-state index contributed by atoms with van der Waals surface area (Å²) < 4.78 is 6.89. The quantitative estimate of drug-likeness (QED) is 0.446. The number of para-hydroxylation sites is 1. The van der Waals surface area contributed by atoms with Gasteiger partial charge in [-0.25, -0.2) is 4.79 Å². The zero-order valence-electron chi connectivity index (χ0n) is 16.1. The van der Waals surface area contributed by atoms with Crippen LogP contribution in [0.15, 0.2) is 54.7 Å². The molecule has 0 aliphatic rings. The number of hydrogen-bond donors (Lipinski definition) is 2. The molecule has 10 heteroatoms. The topological polar surface area (TPSA) is 137 Å². The Morgan fingerprint density at radius 1 is 1.23 bits per heavy atom. The number of carbonyl (C=O) groups is 2. The van der Waals surface area contributed by atoms with E-state index in [-0.39, 0.29) is 22.8 Å². The minimum absolute atomic E-state index is 0.0315. The van der Waals surface area contributed by atoms with Gasteiger partial charge in [-0.15, -0.1) is 0 Å². The second-order valence-corrected chi connectivity index (χ2v) is 6.49. The Balaban J connectivity index is 1.85. The summed E-state index contributed by atoms with van der Waals surface area (Å²) in [5.74, 6) is -1.04. The molecule has 1 aromatic heterocycles. The third-order valence-corrected chi connectivity index (χ3v) is 4.28. The maximum absolute atomic E-state index is 12.5. The molecule has 0 bridgehead atoms. The van der Waals surface area contributed by atoms with Crippen molar-refractivity contribution in [2.24, 2.45) is 0 Å². The monoisotopic (exact) mass is 410 g/mol. The minimum Gasteiger partial charge on any atom is -0.480 e. The van der Waals surface area contributed by atoms with E-state index in [1.165, 1.54) is 37.4 Å². The molecule has 1 heterocycles. The van der Waals surface area contributed by atoms with Crippen LogP contribution in [0.5, 0.6) is 11.5 Å². The van der Waals surface area contributed by atoms with Gasteiger partial charge in [0.1, 0.15) is 17.5 Å². The number of nitro benzene ring substituents is 1. The number of nitro groups is 1. The Morgan fingerprint density at radius 3 is 2.63 bits per heavy atom. The molecule has 2 aromatic carbocycles. The number of aromatic nitrogens is 2. The van der Waals surface area contributed by atoms with Crippen molar-refractivity contribution in [1.29, 1.82) is 0 Å². The number of nitrogens with zero attached hydrogens (tertiary/aromatic N) is 3. The van der Waals surface area contributed by atoms with Crippen LogP contribution in [0.1, 0.15) is 29.0 Å². The van der Waals surface area contributed by atoms with E-state index in [0.29, 0.717) is 5.75 Å². The average molecular weight is 410 g/mol. The van der Waals surface area contributed by atoms with Crippen molar-refractivity contribution in [3.63, 3.8) is 0 Å². The zero-order valence-corrected chi connectivity index (χ0v) is 16.1. The number of anilines is 1. The van der Waals surface area contributed by atoms with Gasteiger partial charge in [0.05, 0.1) is 16.7 Å². The number of rotatable bonds is 7. The van der Waals surface area contributed by atoms with E-state index in [2.05, 4.69) is 10.4 Å². The van der Waals surface area contributed by atoms with E-state index < -0.39 is 22.8 Å². The van der Waals surface area contributed by atoms with Crippen LogP contribution >= 0.6 is 0 Å². The third kappa shape index (κ3) is 4.61. The van der Waals surface area contributed by atoms with E-state index in [9.17, 15) is 19.7 Å². The number of aliphatic carboxylic acids is 1. The van der Waals surface area contributed by atoms with E-state index >= 15 is 0 Å². The van der Waals surface area contributed by atoms with Gasteiger partial charge in [-0.05, 0) is 31.5 Å². The number of carboxylic acid groups (broad SMARTS) is 1. The maximum atomic E-state index is 12.5. The summed E-state index contributed by atoms with van der Waals surface area (Å²) in [7, 11) is 0. The lowest BCUT2D eigenvalue weighted by molar-refractivity contribution is -0.384. The number of amides is 1. The molecule has 3 aromatic rings. The third-order valence-electron chi connectivity index (χ3n) is 4.28. The first-order valence-electron chi connectivity index (χ1n) is 8.87. The van der Waals surface area contributed by atoms with Crippen molar-refractivity contribution in [2.45, 2.75) is 19.9 Å². The maximum Gasteiger partial charge on any atom is 0.328 e. The molecule has 10 nitrogen and oxygen atoms in total. The molecule has 30 heavy (non-hydrogen) atoms. The summed E-state index contributed by atoms with van der Waals surface area (Å²) in [6.45, 7) is 3.26. The van der Waals surface area contributed by atoms with Crippen LogP contribution in [-0.2, 0) is 4.79 Å². The highest BCUT2D eigenvalue weighted by atomic mass is 16.6. The Morgan fingerprint density at radius 2 is 1.97 bits per heavy atom. The molecule has 0 spiro atoms. The lowest BCUT2D eigenvalue weighted by atomic mass is 10.2. The molecule has 1 unspecified atom stereocenters. The fourth-order valence-electron chi connectivity index (χ4n) is 2.60. The molecule has 0 aliphatic heterocycles. The van der Waals surface area contributed by atoms with E-state index in [0.717, 1.165) is 10.2 Å². The number of aryl methyl sites for hydroxylation is 1. The molecule has 1 atom stereocenters. The van der Waals surface area contributed by atoms with Crippen molar-refractivity contribution < 1.29 is 24.4 Å². The second kappa shape index (κ2) is 8.43. The number of hydrogen-bond acceptors (Lipinski definition) is 6. The van der Waals surface area contributed by atoms with Gasteiger partial charge in [0, 0.05) is 18.3 Å². The Kier molecular flexibility index (Phi) is 5.77. The van der Waals surface area contributed by atoms with Crippen LogP contribution in [0.25, 0.3) is 0 Å². The van der Waals surface area contributed by atoms with Crippen molar-refractivity contribution in [3.05, 3.63) is 76.1 Å². The summed E-state index contributed by atoms with van der Waals surface area (Å²) >= 11 is 0. The highest BCUT2D eigenvalue weighted by molar-refractivity contribution is 6.03. The highest BCUT2D eigenvalue weighted by Crippen LogP contribution is 2.31. The normalized spacial score (nSPS) is 11.5. The first-order valence-corrected chi connectivity index (χ1v) is 8.87. The first-order chi connectivity index (χ1) is 14.2. The largest absolute Gasteiger partial charge is 0.480 e. The van der Waals surface area contributed by atoms with Crippen molar-refractivity contribution in [2.75, 3.05) is 5.32 Å². The molecule has 0 aliphatic carbocycles. The lowest BCUT2D eigenvalue weighted by Crippen LogP contribution is -2.18. The SMILES string of the molecule is Cc1ccccc1Oc1cc(NC(=O)c2ccn(C(C)C(=O)O)n2)cc([N+](=O)[O-])c1. The zero-order chi connectivity index (χ0) is 21.8. The van der Waals surface area contributed by atoms with Gasteiger partial charge in [0.2, 0.25) is 0 Å². The van der Waals surface area contributed by atoms with Crippen molar-refractivity contribution in [1.82, 2.24) is 9.78 Å². The first kappa shape index (κ1) is 20.5. The molecular weight excluding hydrogens is 392 g/mol. The summed E-state index contributed by atoms with van der Waals surface area (Å²) in [6.07, 6.45) is 1.37. The number of carboxylic acids is 1. The van der Waals surface area contributed by atoms with Crippen LogP contribution in [0.2, 0.25) is 0 Å². The average Bonchev–Trinajstić information content (AvgIpc) is 3.19. The number of non-ortho nitro benzene ring substituents is 1. The predicted molar refractivity (Wildman–Crippen MR) is 107 cm³/mol. The number of ether oxygens (including phenoxy) is 1. The predicted octanol–water partition coefficient (Wildman–Crippen LogP) is 3.79. The minimum atomic E-state index is -1.10. The molecule has 154 valence electrons. The van der Waals surface area contributed by atoms with Gasteiger partial charge >= 0.3 is 5.97 Å². The van der Waals surface area contributed by atoms with E-state index in [1.807, 2.05) is 19.1 Å². The standard InChI is InChI=1S/C20H18N4O6/c1-12-5-3-4-6-18(12)30-16-10-14(9-15(11-16)24(28)29)21-19(25)17-7-8-23(22-17)13(2)20(26)27/h3-11,13H,1-2H3,(H,21,25)(H,26,27). The summed E-state index contributed by atoms with van der Waals surface area (Å²) in [5, 5.41) is 26.8. The number of nitrogens with one attached hydrogen (secondary N) is 1. The summed E-state index contributed by atoms with van der Waals surface area (Å²) in [4.78, 5) is 34.2.